The Balaban J connectivity index is 1.73. The van der Waals surface area contributed by atoms with Gasteiger partial charge in [-0.25, -0.2) is 0 Å². The lowest BCUT2D eigenvalue weighted by Gasteiger charge is -2.40. The van der Waals surface area contributed by atoms with E-state index in [1.807, 2.05) is 0 Å². The molecule has 0 bridgehead atoms. The van der Waals surface area contributed by atoms with Crippen molar-refractivity contribution in [2.24, 2.45) is 5.92 Å². The quantitative estimate of drug-likeness (QED) is 0.829. The van der Waals surface area contributed by atoms with Gasteiger partial charge in [0.15, 0.2) is 0 Å². The lowest BCUT2D eigenvalue weighted by Crippen LogP contribution is -2.57. The van der Waals surface area contributed by atoms with Crippen LogP contribution in [0, 0.1) is 5.92 Å². The average molecular weight is 286 g/mol. The van der Waals surface area contributed by atoms with E-state index in [9.17, 15) is 0 Å². The van der Waals surface area contributed by atoms with Crippen LogP contribution in [0.2, 0.25) is 0 Å². The van der Waals surface area contributed by atoms with E-state index >= 15 is 0 Å². The van der Waals surface area contributed by atoms with Crippen LogP contribution < -0.4 is 5.32 Å². The molecule has 2 saturated heterocycles. The van der Waals surface area contributed by atoms with Crippen LogP contribution >= 0.6 is 11.8 Å². The number of piperazine rings is 1. The zero-order chi connectivity index (χ0) is 13.7. The SMILES string of the molecule is CC(C)CC1CN(CCN2CCSCC2)C(C)CN1. The van der Waals surface area contributed by atoms with Gasteiger partial charge in [-0.3, -0.25) is 4.90 Å². The highest BCUT2D eigenvalue weighted by molar-refractivity contribution is 7.99. The molecule has 1 N–H and O–H groups in total. The molecule has 2 unspecified atom stereocenters. The van der Waals surface area contributed by atoms with Crippen molar-refractivity contribution in [2.45, 2.75) is 39.3 Å². The Hall–Kier alpha value is 0.230. The number of rotatable bonds is 5. The molecule has 2 heterocycles. The van der Waals surface area contributed by atoms with E-state index in [4.69, 9.17) is 0 Å². The zero-order valence-corrected chi connectivity index (χ0v) is 13.7. The predicted octanol–water partition coefficient (Wildman–Crippen LogP) is 1.74. The number of nitrogens with zero attached hydrogens (tertiary/aromatic N) is 2. The molecule has 0 aromatic heterocycles. The summed E-state index contributed by atoms with van der Waals surface area (Å²) in [7, 11) is 0. The topological polar surface area (TPSA) is 18.5 Å². The van der Waals surface area contributed by atoms with Crippen molar-refractivity contribution in [3.8, 4) is 0 Å². The first kappa shape index (κ1) is 15.6. The van der Waals surface area contributed by atoms with Gasteiger partial charge in [0.2, 0.25) is 0 Å². The largest absolute Gasteiger partial charge is 0.311 e. The lowest BCUT2D eigenvalue weighted by molar-refractivity contribution is 0.116. The summed E-state index contributed by atoms with van der Waals surface area (Å²) in [5.74, 6) is 3.45. The molecule has 0 radical (unpaired) electrons. The smallest absolute Gasteiger partial charge is 0.0198 e. The van der Waals surface area contributed by atoms with Crippen LogP contribution in [0.3, 0.4) is 0 Å². The molecule has 0 aliphatic carbocycles. The van der Waals surface area contributed by atoms with Gasteiger partial charge < -0.3 is 10.2 Å². The lowest BCUT2D eigenvalue weighted by atomic mass is 10.00. The maximum absolute atomic E-state index is 3.71. The van der Waals surface area contributed by atoms with Crippen LogP contribution in [-0.4, -0.2) is 72.7 Å². The van der Waals surface area contributed by atoms with E-state index in [-0.39, 0.29) is 0 Å². The van der Waals surface area contributed by atoms with Gasteiger partial charge in [-0.15, -0.1) is 0 Å². The molecular weight excluding hydrogens is 254 g/mol. The molecule has 3 nitrogen and oxygen atoms in total. The highest BCUT2D eigenvalue weighted by Crippen LogP contribution is 2.14. The van der Waals surface area contributed by atoms with Gasteiger partial charge in [0.05, 0.1) is 0 Å². The van der Waals surface area contributed by atoms with Gasteiger partial charge in [-0.1, -0.05) is 13.8 Å². The van der Waals surface area contributed by atoms with Gasteiger partial charge in [0.1, 0.15) is 0 Å². The Morgan fingerprint density at radius 3 is 2.63 bits per heavy atom. The summed E-state index contributed by atoms with van der Waals surface area (Å²) in [4.78, 5) is 5.34. The van der Waals surface area contributed by atoms with Crippen LogP contribution in [0.4, 0.5) is 0 Å². The fraction of sp³-hybridized carbons (Fsp3) is 1.00. The summed E-state index contributed by atoms with van der Waals surface area (Å²) in [6, 6.07) is 1.40. The number of hydrogen-bond acceptors (Lipinski definition) is 4. The van der Waals surface area contributed by atoms with E-state index in [1.165, 1.54) is 50.7 Å². The highest BCUT2D eigenvalue weighted by atomic mass is 32.2. The minimum absolute atomic E-state index is 0.697. The van der Waals surface area contributed by atoms with E-state index in [0.717, 1.165) is 12.5 Å². The van der Waals surface area contributed by atoms with Gasteiger partial charge >= 0.3 is 0 Å². The maximum atomic E-state index is 3.71. The Morgan fingerprint density at radius 1 is 1.21 bits per heavy atom. The second kappa shape index (κ2) is 7.87. The molecule has 4 heteroatoms. The first-order chi connectivity index (χ1) is 9.15. The van der Waals surface area contributed by atoms with Gasteiger partial charge in [0, 0.05) is 62.9 Å². The first-order valence-electron chi connectivity index (χ1n) is 7.92. The summed E-state index contributed by atoms with van der Waals surface area (Å²) >= 11 is 2.10. The van der Waals surface area contributed by atoms with Gasteiger partial charge in [-0.2, -0.15) is 11.8 Å². The van der Waals surface area contributed by atoms with E-state index in [0.29, 0.717) is 12.1 Å². The third kappa shape index (κ3) is 5.25. The van der Waals surface area contributed by atoms with Crippen LogP contribution in [0.5, 0.6) is 0 Å². The molecule has 112 valence electrons. The molecule has 2 aliphatic rings. The normalized spacial score (nSPS) is 30.9. The molecule has 0 aromatic rings. The molecule has 0 aromatic carbocycles. The zero-order valence-electron chi connectivity index (χ0n) is 12.9. The highest BCUT2D eigenvalue weighted by Gasteiger charge is 2.25. The molecule has 0 saturated carbocycles. The fourth-order valence-electron chi connectivity index (χ4n) is 3.13. The molecule has 2 fully saturated rings. The van der Waals surface area contributed by atoms with Crippen molar-refractivity contribution >= 4 is 11.8 Å². The number of nitrogens with one attached hydrogen (secondary N) is 1. The molecule has 2 rings (SSSR count). The van der Waals surface area contributed by atoms with Crippen molar-refractivity contribution in [1.82, 2.24) is 15.1 Å². The summed E-state index contributed by atoms with van der Waals surface area (Å²) in [6.45, 7) is 14.5. The van der Waals surface area contributed by atoms with Crippen LogP contribution in [0.25, 0.3) is 0 Å². The Kier molecular flexibility index (Phi) is 6.46. The first-order valence-corrected chi connectivity index (χ1v) is 9.08. The van der Waals surface area contributed by atoms with Crippen molar-refractivity contribution in [2.75, 3.05) is 50.8 Å². The minimum atomic E-state index is 0.697. The Bertz CT molecular complexity index is 254. The second-order valence-electron chi connectivity index (χ2n) is 6.53. The van der Waals surface area contributed by atoms with E-state index in [1.54, 1.807) is 0 Å². The van der Waals surface area contributed by atoms with Crippen molar-refractivity contribution in [3.63, 3.8) is 0 Å². The van der Waals surface area contributed by atoms with Crippen LogP contribution in [-0.2, 0) is 0 Å². The summed E-state index contributed by atoms with van der Waals surface area (Å²) in [6.07, 6.45) is 1.31. The van der Waals surface area contributed by atoms with Gasteiger partial charge in [0.25, 0.3) is 0 Å². The maximum Gasteiger partial charge on any atom is 0.0198 e. The average Bonchev–Trinajstić information content (AvgIpc) is 2.40. The van der Waals surface area contributed by atoms with Crippen molar-refractivity contribution in [3.05, 3.63) is 0 Å². The number of hydrogen-bond donors (Lipinski definition) is 1. The van der Waals surface area contributed by atoms with E-state index < -0.39 is 0 Å². The molecule has 0 amide bonds. The molecule has 2 atom stereocenters. The third-order valence-corrected chi connectivity index (χ3v) is 5.29. The summed E-state index contributed by atoms with van der Waals surface area (Å²) in [5, 5.41) is 3.71. The summed E-state index contributed by atoms with van der Waals surface area (Å²) in [5.41, 5.74) is 0. The number of thioether (sulfide) groups is 1. The predicted molar refractivity (Wildman–Crippen MR) is 86.0 cm³/mol. The Morgan fingerprint density at radius 2 is 1.95 bits per heavy atom. The minimum Gasteiger partial charge on any atom is -0.311 e. The molecule has 2 aliphatic heterocycles. The van der Waals surface area contributed by atoms with E-state index in [2.05, 4.69) is 47.6 Å². The monoisotopic (exact) mass is 285 g/mol. The molecule has 19 heavy (non-hydrogen) atoms. The van der Waals surface area contributed by atoms with Crippen molar-refractivity contribution < 1.29 is 0 Å². The van der Waals surface area contributed by atoms with Crippen LogP contribution in [0.15, 0.2) is 0 Å². The molecule has 0 spiro atoms. The second-order valence-corrected chi connectivity index (χ2v) is 7.76. The standard InChI is InChI=1S/C15H31N3S/c1-13(2)10-15-12-18(14(3)11-16-15)5-4-17-6-8-19-9-7-17/h13-16H,4-12H2,1-3H3. The van der Waals surface area contributed by atoms with Gasteiger partial charge in [-0.05, 0) is 19.3 Å². The Labute approximate surface area is 123 Å². The molecular formula is C15H31N3S. The van der Waals surface area contributed by atoms with Crippen molar-refractivity contribution in [1.29, 1.82) is 0 Å². The third-order valence-electron chi connectivity index (χ3n) is 4.34. The van der Waals surface area contributed by atoms with Crippen LogP contribution in [0.1, 0.15) is 27.2 Å². The summed E-state index contributed by atoms with van der Waals surface area (Å²) < 4.78 is 0. The fourth-order valence-corrected chi connectivity index (χ4v) is 4.11.